The first-order valence-corrected chi connectivity index (χ1v) is 10.1. The molecule has 1 aromatic heterocycles. The van der Waals surface area contributed by atoms with Crippen LogP contribution in [0.4, 0.5) is 5.82 Å². The van der Waals surface area contributed by atoms with Gasteiger partial charge < -0.3 is 20.1 Å². The SMILES string of the molecule is CC(=O)NC(Cc1ccc2c(c1)OCO2)C(=O)NC1CCN(c2cc(C)nn2C)C1=O. The van der Waals surface area contributed by atoms with E-state index in [2.05, 4.69) is 15.7 Å². The smallest absolute Gasteiger partial charge is 0.250 e. The molecule has 0 saturated carbocycles. The summed E-state index contributed by atoms with van der Waals surface area (Å²) in [6.07, 6.45) is 0.735. The van der Waals surface area contributed by atoms with Crippen LogP contribution in [0.2, 0.25) is 0 Å². The number of amides is 3. The molecule has 0 spiro atoms. The normalized spacial score (nSPS) is 18.2. The van der Waals surface area contributed by atoms with E-state index in [0.29, 0.717) is 30.3 Å². The zero-order valence-corrected chi connectivity index (χ0v) is 17.7. The molecule has 2 unspecified atom stereocenters. The number of nitrogens with one attached hydrogen (secondary N) is 2. The number of carbonyl (C=O) groups is 3. The predicted molar refractivity (Wildman–Crippen MR) is 111 cm³/mol. The molecule has 1 fully saturated rings. The van der Waals surface area contributed by atoms with E-state index in [4.69, 9.17) is 9.47 Å². The summed E-state index contributed by atoms with van der Waals surface area (Å²) in [5, 5.41) is 9.76. The lowest BCUT2D eigenvalue weighted by Crippen LogP contribution is -2.52. The number of ether oxygens (including phenoxy) is 2. The number of aryl methyl sites for hydroxylation is 2. The van der Waals surface area contributed by atoms with Crippen LogP contribution < -0.4 is 25.0 Å². The summed E-state index contributed by atoms with van der Waals surface area (Å²) < 4.78 is 12.3. The van der Waals surface area contributed by atoms with E-state index in [0.717, 1.165) is 11.3 Å². The quantitative estimate of drug-likeness (QED) is 0.691. The van der Waals surface area contributed by atoms with Crippen LogP contribution in [0.25, 0.3) is 0 Å². The number of benzene rings is 1. The number of nitrogens with zero attached hydrogens (tertiary/aromatic N) is 3. The predicted octanol–water partition coefficient (Wildman–Crippen LogP) is 0.426. The van der Waals surface area contributed by atoms with Gasteiger partial charge in [-0.25, -0.2) is 0 Å². The van der Waals surface area contributed by atoms with Crippen LogP contribution in [0, 0.1) is 6.92 Å². The molecule has 10 nitrogen and oxygen atoms in total. The third-order valence-corrected chi connectivity index (χ3v) is 5.35. The molecule has 1 aromatic carbocycles. The Morgan fingerprint density at radius 2 is 2.03 bits per heavy atom. The maximum atomic E-state index is 13.0. The minimum atomic E-state index is -0.821. The zero-order valence-electron chi connectivity index (χ0n) is 17.7. The Morgan fingerprint density at radius 3 is 2.74 bits per heavy atom. The lowest BCUT2D eigenvalue weighted by Gasteiger charge is -2.21. The van der Waals surface area contributed by atoms with Crippen molar-refractivity contribution in [3.63, 3.8) is 0 Å². The average Bonchev–Trinajstić information content (AvgIpc) is 3.40. The highest BCUT2D eigenvalue weighted by atomic mass is 16.7. The highest BCUT2D eigenvalue weighted by Gasteiger charge is 2.36. The van der Waals surface area contributed by atoms with Crippen LogP contribution in [-0.2, 0) is 27.9 Å². The molecule has 2 atom stereocenters. The van der Waals surface area contributed by atoms with E-state index in [1.807, 2.05) is 19.1 Å². The van der Waals surface area contributed by atoms with Gasteiger partial charge in [-0.1, -0.05) is 6.07 Å². The van der Waals surface area contributed by atoms with Gasteiger partial charge >= 0.3 is 0 Å². The van der Waals surface area contributed by atoms with Crippen molar-refractivity contribution in [2.45, 2.75) is 38.8 Å². The lowest BCUT2D eigenvalue weighted by molar-refractivity contribution is -0.130. The first kappa shape index (κ1) is 20.7. The maximum Gasteiger partial charge on any atom is 0.250 e. The van der Waals surface area contributed by atoms with Crippen LogP contribution in [0.5, 0.6) is 11.5 Å². The van der Waals surface area contributed by atoms with Gasteiger partial charge in [0.05, 0.1) is 5.69 Å². The van der Waals surface area contributed by atoms with E-state index < -0.39 is 18.0 Å². The molecule has 10 heteroatoms. The second-order valence-electron chi connectivity index (χ2n) is 7.75. The third-order valence-electron chi connectivity index (χ3n) is 5.35. The number of aromatic nitrogens is 2. The number of fused-ring (bicyclic) bond motifs is 1. The first-order valence-electron chi connectivity index (χ1n) is 10.1. The van der Waals surface area contributed by atoms with Crippen LogP contribution in [-0.4, -0.2) is 52.9 Å². The molecule has 0 aliphatic carbocycles. The Bertz CT molecular complexity index is 1030. The molecule has 3 heterocycles. The van der Waals surface area contributed by atoms with Crippen LogP contribution in [0.15, 0.2) is 24.3 Å². The molecule has 2 aromatic rings. The van der Waals surface area contributed by atoms with Crippen molar-refractivity contribution in [2.75, 3.05) is 18.2 Å². The Kier molecular flexibility index (Phi) is 5.53. The lowest BCUT2D eigenvalue weighted by atomic mass is 10.0. The van der Waals surface area contributed by atoms with Crippen LogP contribution in [0.1, 0.15) is 24.6 Å². The molecular formula is C21H25N5O5. The van der Waals surface area contributed by atoms with Gasteiger partial charge in [-0.2, -0.15) is 5.10 Å². The van der Waals surface area contributed by atoms with Crippen LogP contribution in [0.3, 0.4) is 0 Å². The van der Waals surface area contributed by atoms with Gasteiger partial charge in [-0.3, -0.25) is 24.0 Å². The Hall–Kier alpha value is -3.56. The van der Waals surface area contributed by atoms with E-state index in [9.17, 15) is 14.4 Å². The summed E-state index contributed by atoms with van der Waals surface area (Å²) in [4.78, 5) is 39.2. The summed E-state index contributed by atoms with van der Waals surface area (Å²) in [7, 11) is 1.78. The van der Waals surface area contributed by atoms with Gasteiger partial charge in [0.1, 0.15) is 17.9 Å². The van der Waals surface area contributed by atoms with Crippen molar-refractivity contribution in [2.24, 2.45) is 7.05 Å². The van der Waals surface area contributed by atoms with Crippen molar-refractivity contribution in [3.8, 4) is 11.5 Å². The van der Waals surface area contributed by atoms with Crippen molar-refractivity contribution in [1.82, 2.24) is 20.4 Å². The summed E-state index contributed by atoms with van der Waals surface area (Å²) >= 11 is 0. The largest absolute Gasteiger partial charge is 0.454 e. The van der Waals surface area contributed by atoms with Gasteiger partial charge in [-0.15, -0.1) is 0 Å². The van der Waals surface area contributed by atoms with E-state index in [1.165, 1.54) is 6.92 Å². The molecule has 2 aliphatic heterocycles. The summed E-state index contributed by atoms with van der Waals surface area (Å²) in [6.45, 7) is 3.85. The second-order valence-corrected chi connectivity index (χ2v) is 7.75. The van der Waals surface area contributed by atoms with Crippen molar-refractivity contribution in [3.05, 3.63) is 35.5 Å². The number of hydrogen-bond acceptors (Lipinski definition) is 6. The number of rotatable bonds is 6. The molecular weight excluding hydrogens is 402 g/mol. The van der Waals surface area contributed by atoms with Crippen LogP contribution >= 0.6 is 0 Å². The second kappa shape index (κ2) is 8.29. The van der Waals surface area contributed by atoms with Gasteiger partial charge in [0.2, 0.25) is 18.6 Å². The van der Waals surface area contributed by atoms with Gasteiger partial charge in [0.15, 0.2) is 11.5 Å². The number of hydrogen-bond donors (Lipinski definition) is 2. The number of anilines is 1. The van der Waals surface area contributed by atoms with E-state index in [-0.39, 0.29) is 25.0 Å². The van der Waals surface area contributed by atoms with Crippen molar-refractivity contribution < 1.29 is 23.9 Å². The minimum absolute atomic E-state index is 0.158. The zero-order chi connectivity index (χ0) is 22.1. The first-order chi connectivity index (χ1) is 14.8. The molecule has 4 rings (SSSR count). The Balaban J connectivity index is 1.44. The molecule has 31 heavy (non-hydrogen) atoms. The van der Waals surface area contributed by atoms with Crippen molar-refractivity contribution >= 4 is 23.5 Å². The van der Waals surface area contributed by atoms with Crippen molar-refractivity contribution in [1.29, 1.82) is 0 Å². The summed E-state index contributed by atoms with van der Waals surface area (Å²) in [6, 6.07) is 5.74. The van der Waals surface area contributed by atoms with Gasteiger partial charge in [0, 0.05) is 33.0 Å². The standard InChI is InChI=1S/C21H25N5O5/c1-12-8-19(25(3)24-12)26-7-6-15(21(26)29)23-20(28)16(22-13(2)27)9-14-4-5-17-18(10-14)31-11-30-17/h4-5,8,10,15-16H,6-7,9,11H2,1-3H3,(H,22,27)(H,23,28). The van der Waals surface area contributed by atoms with Gasteiger partial charge in [0.25, 0.3) is 5.91 Å². The fraction of sp³-hybridized carbons (Fsp3) is 0.429. The molecule has 164 valence electrons. The number of carbonyl (C=O) groups excluding carboxylic acids is 3. The molecule has 3 amide bonds. The minimum Gasteiger partial charge on any atom is -0.454 e. The molecule has 0 radical (unpaired) electrons. The van der Waals surface area contributed by atoms with E-state index >= 15 is 0 Å². The molecule has 1 saturated heterocycles. The van der Waals surface area contributed by atoms with E-state index in [1.54, 1.807) is 28.8 Å². The fourth-order valence-corrected chi connectivity index (χ4v) is 3.92. The average molecular weight is 427 g/mol. The summed E-state index contributed by atoms with van der Waals surface area (Å²) in [5.74, 6) is 1.01. The fourth-order valence-electron chi connectivity index (χ4n) is 3.92. The molecule has 2 N–H and O–H groups in total. The van der Waals surface area contributed by atoms with Gasteiger partial charge in [-0.05, 0) is 31.0 Å². The monoisotopic (exact) mass is 427 g/mol. The highest BCUT2D eigenvalue weighted by molar-refractivity contribution is 6.01. The Labute approximate surface area is 179 Å². The third kappa shape index (κ3) is 4.32. The Morgan fingerprint density at radius 1 is 1.26 bits per heavy atom. The molecule has 2 aliphatic rings. The molecule has 0 bridgehead atoms. The summed E-state index contributed by atoms with van der Waals surface area (Å²) in [5.41, 5.74) is 1.62. The highest BCUT2D eigenvalue weighted by Crippen LogP contribution is 2.32. The topological polar surface area (TPSA) is 115 Å². The maximum absolute atomic E-state index is 13.0.